The van der Waals surface area contributed by atoms with Gasteiger partial charge in [0.25, 0.3) is 0 Å². The number of aromatic nitrogens is 2. The van der Waals surface area contributed by atoms with E-state index in [0.29, 0.717) is 18.4 Å². The van der Waals surface area contributed by atoms with E-state index in [1.807, 2.05) is 12.5 Å². The Hall–Kier alpha value is -0.830. The number of nitrogens with zero attached hydrogens (tertiary/aromatic N) is 2. The molecule has 0 spiro atoms. The fourth-order valence-corrected chi connectivity index (χ4v) is 1.92. The van der Waals surface area contributed by atoms with Crippen molar-refractivity contribution in [2.45, 2.75) is 52.5 Å². The average Bonchev–Trinajstić information content (AvgIpc) is 2.75. The van der Waals surface area contributed by atoms with Gasteiger partial charge in [0, 0.05) is 18.4 Å². The molecule has 0 aliphatic rings. The lowest BCUT2D eigenvalue weighted by Gasteiger charge is -2.36. The number of imidazole rings is 1. The van der Waals surface area contributed by atoms with Gasteiger partial charge in [0.2, 0.25) is 0 Å². The number of hydrogen-bond acceptors (Lipinski definition) is 2. The molecule has 0 aliphatic carbocycles. The summed E-state index contributed by atoms with van der Waals surface area (Å²) in [6.45, 7) is 11.7. The molecule has 16 heavy (non-hydrogen) atoms. The number of nitrogens with two attached hydrogens (primary N) is 1. The highest BCUT2D eigenvalue weighted by Gasteiger charge is 2.31. The first kappa shape index (κ1) is 13.2. The first-order valence-electron chi connectivity index (χ1n) is 6.20. The van der Waals surface area contributed by atoms with Crippen LogP contribution >= 0.6 is 0 Å². The quantitative estimate of drug-likeness (QED) is 0.834. The smallest absolute Gasteiger partial charge is 0.0953 e. The molecule has 1 rings (SSSR count). The van der Waals surface area contributed by atoms with Crippen molar-refractivity contribution in [2.24, 2.45) is 11.7 Å². The zero-order valence-electron chi connectivity index (χ0n) is 11.2. The van der Waals surface area contributed by atoms with E-state index >= 15 is 0 Å². The lowest BCUT2D eigenvalue weighted by Crippen LogP contribution is -2.43. The van der Waals surface area contributed by atoms with Crippen molar-refractivity contribution in [1.29, 1.82) is 0 Å². The third-order valence-corrected chi connectivity index (χ3v) is 3.99. The van der Waals surface area contributed by atoms with E-state index in [0.717, 1.165) is 6.42 Å². The second-order valence-electron chi connectivity index (χ2n) is 5.21. The number of rotatable bonds is 5. The Labute approximate surface area is 99.1 Å². The molecule has 0 bridgehead atoms. The van der Waals surface area contributed by atoms with Crippen LogP contribution in [0.5, 0.6) is 0 Å². The molecule has 0 saturated carbocycles. The van der Waals surface area contributed by atoms with Gasteiger partial charge in [0.05, 0.1) is 11.9 Å². The van der Waals surface area contributed by atoms with Crippen LogP contribution < -0.4 is 5.73 Å². The van der Waals surface area contributed by atoms with Gasteiger partial charge in [-0.2, -0.15) is 0 Å². The maximum atomic E-state index is 5.96. The van der Waals surface area contributed by atoms with E-state index in [4.69, 9.17) is 5.73 Å². The fourth-order valence-electron chi connectivity index (χ4n) is 1.92. The Morgan fingerprint density at radius 2 is 2.06 bits per heavy atom. The molecular formula is C13H25N3. The maximum absolute atomic E-state index is 5.96. The predicted molar refractivity (Wildman–Crippen MR) is 68.5 cm³/mol. The standard InChI is InChI=1S/C13H25N3/c1-6-11(4)12-7-15-9-16(12)13(5,8-14)10(2)3/h7,9-11H,6,8,14H2,1-5H3. The van der Waals surface area contributed by atoms with E-state index in [-0.39, 0.29) is 5.54 Å². The van der Waals surface area contributed by atoms with Gasteiger partial charge < -0.3 is 10.3 Å². The highest BCUT2D eigenvalue weighted by atomic mass is 15.1. The predicted octanol–water partition coefficient (Wildman–Crippen LogP) is 2.73. The molecule has 2 atom stereocenters. The Balaban J connectivity index is 3.16. The van der Waals surface area contributed by atoms with Crippen LogP contribution in [0.3, 0.4) is 0 Å². The van der Waals surface area contributed by atoms with Crippen LogP contribution in [0.4, 0.5) is 0 Å². The summed E-state index contributed by atoms with van der Waals surface area (Å²) in [5.41, 5.74) is 7.22. The molecule has 2 unspecified atom stereocenters. The van der Waals surface area contributed by atoms with Crippen LogP contribution in [-0.2, 0) is 5.54 Å². The lowest BCUT2D eigenvalue weighted by atomic mass is 9.87. The molecule has 2 N–H and O–H groups in total. The first-order chi connectivity index (χ1) is 7.47. The molecular weight excluding hydrogens is 198 g/mol. The van der Waals surface area contributed by atoms with Crippen molar-refractivity contribution >= 4 is 0 Å². The molecule has 0 amide bonds. The molecule has 0 aromatic carbocycles. The van der Waals surface area contributed by atoms with Crippen molar-refractivity contribution in [1.82, 2.24) is 9.55 Å². The van der Waals surface area contributed by atoms with Crippen LogP contribution in [0.15, 0.2) is 12.5 Å². The fraction of sp³-hybridized carbons (Fsp3) is 0.769. The lowest BCUT2D eigenvalue weighted by molar-refractivity contribution is 0.222. The molecule has 0 saturated heterocycles. The molecule has 1 heterocycles. The van der Waals surface area contributed by atoms with Crippen molar-refractivity contribution in [3.63, 3.8) is 0 Å². The summed E-state index contributed by atoms with van der Waals surface area (Å²) in [7, 11) is 0. The average molecular weight is 223 g/mol. The summed E-state index contributed by atoms with van der Waals surface area (Å²) in [6.07, 6.45) is 5.03. The third-order valence-electron chi connectivity index (χ3n) is 3.99. The normalized spacial score (nSPS) is 17.4. The van der Waals surface area contributed by atoms with Crippen LogP contribution in [-0.4, -0.2) is 16.1 Å². The molecule has 0 aliphatic heterocycles. The van der Waals surface area contributed by atoms with E-state index < -0.39 is 0 Å². The van der Waals surface area contributed by atoms with Crippen molar-refractivity contribution < 1.29 is 0 Å². The highest BCUT2D eigenvalue weighted by Crippen LogP contribution is 2.29. The highest BCUT2D eigenvalue weighted by molar-refractivity contribution is 5.09. The maximum Gasteiger partial charge on any atom is 0.0953 e. The zero-order chi connectivity index (χ0) is 12.3. The van der Waals surface area contributed by atoms with Gasteiger partial charge in [-0.1, -0.05) is 27.7 Å². The Kier molecular flexibility index (Phi) is 4.14. The molecule has 1 aromatic heterocycles. The monoisotopic (exact) mass is 223 g/mol. The van der Waals surface area contributed by atoms with E-state index in [1.54, 1.807) is 0 Å². The summed E-state index contributed by atoms with van der Waals surface area (Å²) in [4.78, 5) is 4.30. The van der Waals surface area contributed by atoms with Crippen LogP contribution in [0.1, 0.15) is 52.7 Å². The molecule has 0 radical (unpaired) electrons. The second kappa shape index (κ2) is 5.00. The van der Waals surface area contributed by atoms with Crippen molar-refractivity contribution in [2.75, 3.05) is 6.54 Å². The minimum Gasteiger partial charge on any atom is -0.328 e. The molecule has 3 nitrogen and oxygen atoms in total. The van der Waals surface area contributed by atoms with Crippen LogP contribution in [0.25, 0.3) is 0 Å². The van der Waals surface area contributed by atoms with Crippen LogP contribution in [0, 0.1) is 5.92 Å². The van der Waals surface area contributed by atoms with Gasteiger partial charge in [-0.25, -0.2) is 4.98 Å². The summed E-state index contributed by atoms with van der Waals surface area (Å²) < 4.78 is 2.27. The first-order valence-corrected chi connectivity index (χ1v) is 6.20. The zero-order valence-corrected chi connectivity index (χ0v) is 11.2. The van der Waals surface area contributed by atoms with Crippen LogP contribution in [0.2, 0.25) is 0 Å². The van der Waals surface area contributed by atoms with E-state index in [1.165, 1.54) is 5.69 Å². The van der Waals surface area contributed by atoms with Gasteiger partial charge >= 0.3 is 0 Å². The summed E-state index contributed by atoms with van der Waals surface area (Å²) in [6, 6.07) is 0. The van der Waals surface area contributed by atoms with Gasteiger partial charge in [0.1, 0.15) is 0 Å². The Morgan fingerprint density at radius 1 is 1.44 bits per heavy atom. The minimum absolute atomic E-state index is 0.0325. The van der Waals surface area contributed by atoms with E-state index in [9.17, 15) is 0 Å². The summed E-state index contributed by atoms with van der Waals surface area (Å²) >= 11 is 0. The van der Waals surface area contributed by atoms with Gasteiger partial charge in [-0.05, 0) is 25.2 Å². The molecule has 92 valence electrons. The van der Waals surface area contributed by atoms with Gasteiger partial charge in [-0.15, -0.1) is 0 Å². The summed E-state index contributed by atoms with van der Waals surface area (Å²) in [5, 5.41) is 0. The summed E-state index contributed by atoms with van der Waals surface area (Å²) in [5.74, 6) is 1.03. The molecule has 1 aromatic rings. The second-order valence-corrected chi connectivity index (χ2v) is 5.21. The molecule has 3 heteroatoms. The van der Waals surface area contributed by atoms with Crippen molar-refractivity contribution in [3.8, 4) is 0 Å². The SMILES string of the molecule is CCC(C)c1cncn1C(C)(CN)C(C)C. The van der Waals surface area contributed by atoms with Gasteiger partial charge in [0.15, 0.2) is 0 Å². The topological polar surface area (TPSA) is 43.8 Å². The van der Waals surface area contributed by atoms with Gasteiger partial charge in [-0.3, -0.25) is 0 Å². The number of hydrogen-bond donors (Lipinski definition) is 1. The van der Waals surface area contributed by atoms with E-state index in [2.05, 4.69) is 44.2 Å². The largest absolute Gasteiger partial charge is 0.328 e. The Morgan fingerprint density at radius 3 is 2.50 bits per heavy atom. The van der Waals surface area contributed by atoms with Crippen molar-refractivity contribution in [3.05, 3.63) is 18.2 Å². The minimum atomic E-state index is -0.0325. The molecule has 0 fully saturated rings. The Bertz CT molecular complexity index is 330. The third kappa shape index (κ3) is 2.14.